The van der Waals surface area contributed by atoms with Gasteiger partial charge in [0.15, 0.2) is 0 Å². The molecule has 1 saturated heterocycles. The van der Waals surface area contributed by atoms with E-state index in [9.17, 15) is 5.53 Å². The lowest BCUT2D eigenvalue weighted by atomic mass is 9.87. The summed E-state index contributed by atoms with van der Waals surface area (Å²) in [6, 6.07) is 29.4. The minimum atomic E-state index is -0.542. The highest BCUT2D eigenvalue weighted by molar-refractivity contribution is 5.15. The first kappa shape index (κ1) is 26.9. The van der Waals surface area contributed by atoms with Crippen molar-refractivity contribution in [1.29, 1.82) is 0 Å². The third-order valence-electron chi connectivity index (χ3n) is 6.50. The Balaban J connectivity index is 1.58. The molecule has 4 rings (SSSR count). The molecule has 5 atom stereocenters. The molecule has 1 aliphatic heterocycles. The molecule has 0 amide bonds. The zero-order valence-electron chi connectivity index (χ0n) is 21.4. The molecule has 0 radical (unpaired) electrons. The van der Waals surface area contributed by atoms with Gasteiger partial charge in [0.2, 0.25) is 0 Å². The minimum Gasteiger partial charge on any atom is -0.374 e. The van der Waals surface area contributed by atoms with Crippen molar-refractivity contribution in [2.45, 2.75) is 64.1 Å². The van der Waals surface area contributed by atoms with E-state index in [0.717, 1.165) is 16.7 Å². The molecule has 7 nitrogen and oxygen atoms in total. The van der Waals surface area contributed by atoms with Gasteiger partial charge in [0.1, 0.15) is 12.2 Å². The number of nitrogens with zero attached hydrogens (tertiary/aromatic N) is 3. The Morgan fingerprint density at radius 3 is 1.73 bits per heavy atom. The fourth-order valence-corrected chi connectivity index (χ4v) is 4.63. The summed E-state index contributed by atoms with van der Waals surface area (Å²) in [6.45, 7) is 5.67. The average molecular weight is 502 g/mol. The van der Waals surface area contributed by atoms with Gasteiger partial charge in [0.05, 0.1) is 44.7 Å². The molecule has 3 aromatic carbocycles. The van der Waals surface area contributed by atoms with E-state index < -0.39 is 24.4 Å². The second-order valence-corrected chi connectivity index (χ2v) is 9.60. The number of benzene rings is 3. The van der Waals surface area contributed by atoms with E-state index in [4.69, 9.17) is 18.9 Å². The van der Waals surface area contributed by atoms with Crippen molar-refractivity contribution < 1.29 is 18.9 Å². The van der Waals surface area contributed by atoms with E-state index >= 15 is 0 Å². The Hall–Kier alpha value is -3.19. The van der Waals surface area contributed by atoms with Crippen LogP contribution in [-0.2, 0) is 38.8 Å². The molecule has 194 valence electrons. The molecule has 37 heavy (non-hydrogen) atoms. The van der Waals surface area contributed by atoms with E-state index in [1.807, 2.05) is 91.0 Å². The van der Waals surface area contributed by atoms with Crippen LogP contribution in [-0.4, -0.2) is 37.1 Å². The maximum absolute atomic E-state index is 9.43. The number of ether oxygens (including phenoxy) is 4. The Morgan fingerprint density at radius 1 is 0.757 bits per heavy atom. The van der Waals surface area contributed by atoms with Gasteiger partial charge in [0, 0.05) is 4.91 Å². The smallest absolute Gasteiger partial charge is 0.113 e. The maximum atomic E-state index is 9.43. The van der Waals surface area contributed by atoms with Gasteiger partial charge in [-0.1, -0.05) is 110 Å². The molecule has 3 unspecified atom stereocenters. The third-order valence-corrected chi connectivity index (χ3v) is 6.50. The summed E-state index contributed by atoms with van der Waals surface area (Å²) in [7, 11) is 0. The number of hydrogen-bond acceptors (Lipinski definition) is 5. The summed E-state index contributed by atoms with van der Waals surface area (Å²) in [6.07, 6.45) is -1.74. The number of azide groups is 1. The monoisotopic (exact) mass is 501 g/mol. The predicted molar refractivity (Wildman–Crippen MR) is 143 cm³/mol. The summed E-state index contributed by atoms with van der Waals surface area (Å²) >= 11 is 0. The Kier molecular flexibility index (Phi) is 10.1. The van der Waals surface area contributed by atoms with E-state index in [1.165, 1.54) is 0 Å². The SMILES string of the molecule is CC(C)[C@@H]1OC(COCc2ccccc2)[C@@H](OCc2ccccc2)C(OCc2ccccc2)C1N=[N+]=[N-]. The van der Waals surface area contributed by atoms with Gasteiger partial charge in [-0.3, -0.25) is 0 Å². The van der Waals surface area contributed by atoms with Crippen LogP contribution in [0.2, 0.25) is 0 Å². The normalized spacial score (nSPS) is 23.5. The zero-order chi connectivity index (χ0) is 25.9. The zero-order valence-corrected chi connectivity index (χ0v) is 21.4. The van der Waals surface area contributed by atoms with E-state index in [2.05, 4.69) is 23.9 Å². The molecule has 1 fully saturated rings. The first-order chi connectivity index (χ1) is 18.2. The topological polar surface area (TPSA) is 85.7 Å². The van der Waals surface area contributed by atoms with Crippen molar-refractivity contribution in [2.75, 3.05) is 6.61 Å². The second kappa shape index (κ2) is 13.9. The van der Waals surface area contributed by atoms with Crippen LogP contribution in [0.15, 0.2) is 96.1 Å². The van der Waals surface area contributed by atoms with Gasteiger partial charge in [-0.25, -0.2) is 0 Å². The predicted octanol–water partition coefficient (Wildman–Crippen LogP) is 6.48. The first-order valence-electron chi connectivity index (χ1n) is 12.8. The molecule has 0 spiro atoms. The molecule has 0 aromatic heterocycles. The Bertz CT molecular complexity index is 1110. The van der Waals surface area contributed by atoms with Gasteiger partial charge in [-0.05, 0) is 28.1 Å². The molecule has 0 saturated carbocycles. The number of rotatable bonds is 12. The summed E-state index contributed by atoms with van der Waals surface area (Å²) < 4.78 is 25.6. The second-order valence-electron chi connectivity index (χ2n) is 9.60. The van der Waals surface area contributed by atoms with Crippen LogP contribution in [0.1, 0.15) is 30.5 Å². The highest BCUT2D eigenvalue weighted by Gasteiger charge is 2.48. The van der Waals surface area contributed by atoms with Crippen LogP contribution in [0.25, 0.3) is 10.4 Å². The average Bonchev–Trinajstić information content (AvgIpc) is 2.93. The van der Waals surface area contributed by atoms with Crippen molar-refractivity contribution in [1.82, 2.24) is 0 Å². The summed E-state index contributed by atoms with van der Waals surface area (Å²) in [4.78, 5) is 3.16. The fraction of sp³-hybridized carbons (Fsp3) is 0.400. The quantitative estimate of drug-likeness (QED) is 0.162. The van der Waals surface area contributed by atoms with Crippen molar-refractivity contribution in [3.8, 4) is 0 Å². The molecule has 0 N–H and O–H groups in total. The highest BCUT2D eigenvalue weighted by Crippen LogP contribution is 2.33. The minimum absolute atomic E-state index is 0.102. The van der Waals surface area contributed by atoms with Gasteiger partial charge >= 0.3 is 0 Å². The molecule has 0 aliphatic carbocycles. The number of hydrogen-bond donors (Lipinski definition) is 0. The van der Waals surface area contributed by atoms with Crippen LogP contribution in [0.5, 0.6) is 0 Å². The standard InChI is InChI=1S/C30H35N3O4/c1-22(2)28-27(32-33-31)30(36-20-25-16-10-5-11-17-25)29(35-19-24-14-8-4-9-15-24)26(37-28)21-34-18-23-12-6-3-7-13-23/h3-17,22,26-30H,18-21H2,1-2H3/t26?,27?,28-,29+,30?/m0/s1. The lowest BCUT2D eigenvalue weighted by Crippen LogP contribution is -2.60. The van der Waals surface area contributed by atoms with Crippen LogP contribution in [0.3, 0.4) is 0 Å². The third kappa shape index (κ3) is 7.65. The Morgan fingerprint density at radius 2 is 1.24 bits per heavy atom. The van der Waals surface area contributed by atoms with Gasteiger partial charge in [-0.2, -0.15) is 0 Å². The first-order valence-corrected chi connectivity index (χ1v) is 12.8. The molecule has 7 heteroatoms. The molecule has 0 bridgehead atoms. The summed E-state index contributed by atoms with van der Waals surface area (Å²) in [5.74, 6) is 0.102. The van der Waals surface area contributed by atoms with Crippen molar-refractivity contribution in [3.63, 3.8) is 0 Å². The molecule has 3 aromatic rings. The molecule has 1 heterocycles. The summed E-state index contributed by atoms with van der Waals surface area (Å²) in [5, 5.41) is 4.16. The van der Waals surface area contributed by atoms with Gasteiger partial charge < -0.3 is 18.9 Å². The van der Waals surface area contributed by atoms with E-state index in [1.54, 1.807) is 0 Å². The largest absolute Gasteiger partial charge is 0.374 e. The Labute approximate surface area is 219 Å². The van der Waals surface area contributed by atoms with Crippen LogP contribution < -0.4 is 0 Å². The highest BCUT2D eigenvalue weighted by atomic mass is 16.6. The van der Waals surface area contributed by atoms with Crippen molar-refractivity contribution in [3.05, 3.63) is 118 Å². The molecular weight excluding hydrogens is 466 g/mol. The molecular formula is C30H35N3O4. The van der Waals surface area contributed by atoms with E-state index in [0.29, 0.717) is 26.4 Å². The van der Waals surface area contributed by atoms with E-state index in [-0.39, 0.29) is 12.0 Å². The van der Waals surface area contributed by atoms with Gasteiger partial charge in [0.25, 0.3) is 0 Å². The summed E-state index contributed by atoms with van der Waals surface area (Å²) in [5.41, 5.74) is 12.6. The fourth-order valence-electron chi connectivity index (χ4n) is 4.63. The lowest BCUT2D eigenvalue weighted by Gasteiger charge is -2.46. The lowest BCUT2D eigenvalue weighted by molar-refractivity contribution is -0.234. The van der Waals surface area contributed by atoms with Crippen LogP contribution >= 0.6 is 0 Å². The van der Waals surface area contributed by atoms with Crippen LogP contribution in [0.4, 0.5) is 0 Å². The van der Waals surface area contributed by atoms with Crippen molar-refractivity contribution in [2.24, 2.45) is 11.0 Å². The van der Waals surface area contributed by atoms with Gasteiger partial charge in [-0.15, -0.1) is 0 Å². The molecule has 1 aliphatic rings. The van der Waals surface area contributed by atoms with Crippen molar-refractivity contribution >= 4 is 0 Å². The maximum Gasteiger partial charge on any atom is 0.113 e. The van der Waals surface area contributed by atoms with Crippen LogP contribution in [0, 0.1) is 5.92 Å².